The number of allylic oxidation sites excluding steroid dienone is 1. The minimum atomic E-state index is -0.522. The van der Waals surface area contributed by atoms with E-state index in [0.29, 0.717) is 47.0 Å². The van der Waals surface area contributed by atoms with E-state index in [1.165, 1.54) is 13.4 Å². The van der Waals surface area contributed by atoms with Crippen LogP contribution in [0.25, 0.3) is 0 Å². The van der Waals surface area contributed by atoms with E-state index >= 15 is 0 Å². The van der Waals surface area contributed by atoms with Gasteiger partial charge in [-0.05, 0) is 49.2 Å². The smallest absolute Gasteiger partial charge is 0.338 e. The Morgan fingerprint density at radius 3 is 2.66 bits per heavy atom. The summed E-state index contributed by atoms with van der Waals surface area (Å²) in [5, 5.41) is 8.09. The molecule has 1 N–H and O–H groups in total. The summed E-state index contributed by atoms with van der Waals surface area (Å²) in [7, 11) is 1.36. The molecule has 1 atom stereocenters. The average Bonchev–Trinajstić information content (AvgIpc) is 3.26. The first-order valence-corrected chi connectivity index (χ1v) is 10.5. The van der Waals surface area contributed by atoms with Gasteiger partial charge in [-0.2, -0.15) is 10.1 Å². The monoisotopic (exact) mass is 454 g/mol. The predicted molar refractivity (Wildman–Crippen MR) is 120 cm³/mol. The van der Waals surface area contributed by atoms with Crippen LogP contribution in [0.15, 0.2) is 60.1 Å². The first kappa shape index (κ1) is 21.7. The number of nitrogens with one attached hydrogen (secondary N) is 1. The molecule has 166 valence electrons. The molecule has 1 aliphatic rings. The lowest BCUT2D eigenvalue weighted by molar-refractivity contribution is -0.136. The summed E-state index contributed by atoms with van der Waals surface area (Å²) in [5.41, 5.74) is 2.88. The van der Waals surface area contributed by atoms with Gasteiger partial charge in [0, 0.05) is 10.7 Å². The Bertz CT molecular complexity index is 1160. The molecule has 2 aromatic carbocycles. The number of methoxy groups -OCH3 is 1. The van der Waals surface area contributed by atoms with E-state index in [4.69, 9.17) is 25.8 Å². The molecule has 3 aromatic rings. The molecule has 2 heterocycles. The maximum Gasteiger partial charge on any atom is 0.338 e. The highest BCUT2D eigenvalue weighted by Crippen LogP contribution is 2.39. The van der Waals surface area contributed by atoms with Gasteiger partial charge in [0.05, 0.1) is 19.3 Å². The summed E-state index contributed by atoms with van der Waals surface area (Å²) >= 11 is 5.96. The quantitative estimate of drug-likeness (QED) is 0.530. The fourth-order valence-electron chi connectivity index (χ4n) is 3.60. The highest BCUT2D eigenvalue weighted by Gasteiger charge is 2.34. The van der Waals surface area contributed by atoms with Crippen LogP contribution in [0.1, 0.15) is 31.0 Å². The molecule has 0 amide bonds. The highest BCUT2D eigenvalue weighted by atomic mass is 35.5. The van der Waals surface area contributed by atoms with Crippen molar-refractivity contribution in [2.45, 2.75) is 26.5 Å². The molecule has 0 radical (unpaired) electrons. The molecular formula is C23H23ClN4O4. The molecule has 0 fully saturated rings. The van der Waals surface area contributed by atoms with Crippen molar-refractivity contribution in [2.75, 3.05) is 19.0 Å². The van der Waals surface area contributed by atoms with Crippen molar-refractivity contribution in [3.8, 4) is 11.5 Å². The second kappa shape index (κ2) is 9.32. The van der Waals surface area contributed by atoms with Crippen molar-refractivity contribution in [3.63, 3.8) is 0 Å². The summed E-state index contributed by atoms with van der Waals surface area (Å²) in [6.45, 7) is 4.54. The molecule has 1 aromatic heterocycles. The molecule has 0 saturated heterocycles. The number of aromatic nitrogens is 3. The van der Waals surface area contributed by atoms with Gasteiger partial charge in [-0.15, -0.1) is 0 Å². The Hall–Kier alpha value is -3.52. The van der Waals surface area contributed by atoms with Crippen LogP contribution in [0.4, 0.5) is 5.95 Å². The summed E-state index contributed by atoms with van der Waals surface area (Å²) in [5.74, 6) is 1.27. The lowest BCUT2D eigenvalue weighted by atomic mass is 9.95. The van der Waals surface area contributed by atoms with Gasteiger partial charge in [0.25, 0.3) is 0 Å². The van der Waals surface area contributed by atoms with Crippen LogP contribution in [0.2, 0.25) is 5.02 Å². The zero-order valence-electron chi connectivity index (χ0n) is 18.0. The molecule has 0 saturated carbocycles. The highest BCUT2D eigenvalue weighted by molar-refractivity contribution is 6.30. The number of halogens is 1. The van der Waals surface area contributed by atoms with Gasteiger partial charge < -0.3 is 19.5 Å². The van der Waals surface area contributed by atoms with E-state index in [2.05, 4.69) is 15.4 Å². The molecule has 0 bridgehead atoms. The van der Waals surface area contributed by atoms with Crippen LogP contribution in [-0.4, -0.2) is 34.5 Å². The Labute approximate surface area is 190 Å². The van der Waals surface area contributed by atoms with Gasteiger partial charge in [-0.1, -0.05) is 29.8 Å². The number of carbonyl (C=O) groups excluding carboxylic acids is 1. The minimum Gasteiger partial charge on any atom is -0.490 e. The van der Waals surface area contributed by atoms with Crippen molar-refractivity contribution < 1.29 is 19.0 Å². The van der Waals surface area contributed by atoms with Crippen LogP contribution in [0.3, 0.4) is 0 Å². The SMILES string of the molecule is CCOc1cc(C2C(C(=O)OC)=C(C)Nc3ncnn32)ccc1OCc1ccc(Cl)cc1. The molecule has 32 heavy (non-hydrogen) atoms. The molecule has 4 rings (SSSR count). The number of rotatable bonds is 7. The summed E-state index contributed by atoms with van der Waals surface area (Å²) in [6, 6.07) is 12.5. The van der Waals surface area contributed by atoms with E-state index in [1.807, 2.05) is 56.3 Å². The standard InChI is InChI=1S/C23H23ClN4O4/c1-4-31-19-11-16(7-10-18(19)32-12-15-5-8-17(24)9-6-15)21-20(22(29)30-3)14(2)27-23-25-13-26-28(21)23/h5-11,13,21H,4,12H2,1-3H3,(H,25,26,27). The van der Waals surface area contributed by atoms with Gasteiger partial charge in [0.1, 0.15) is 19.0 Å². The number of hydrogen-bond acceptors (Lipinski definition) is 7. The fourth-order valence-corrected chi connectivity index (χ4v) is 3.72. The Morgan fingerprint density at radius 1 is 1.16 bits per heavy atom. The van der Waals surface area contributed by atoms with Crippen molar-refractivity contribution in [1.82, 2.24) is 14.8 Å². The van der Waals surface area contributed by atoms with Gasteiger partial charge in [0.15, 0.2) is 11.5 Å². The van der Waals surface area contributed by atoms with Crippen molar-refractivity contribution in [2.24, 2.45) is 0 Å². The third-order valence-electron chi connectivity index (χ3n) is 5.09. The zero-order valence-corrected chi connectivity index (χ0v) is 18.7. The van der Waals surface area contributed by atoms with E-state index in [-0.39, 0.29) is 0 Å². The van der Waals surface area contributed by atoms with Crippen LogP contribution < -0.4 is 14.8 Å². The molecule has 0 spiro atoms. The number of nitrogens with zero attached hydrogens (tertiary/aromatic N) is 3. The topological polar surface area (TPSA) is 87.5 Å². The number of carbonyl (C=O) groups is 1. The lowest BCUT2D eigenvalue weighted by Crippen LogP contribution is -2.29. The Kier molecular flexibility index (Phi) is 6.32. The summed E-state index contributed by atoms with van der Waals surface area (Å²) in [6.07, 6.45) is 1.44. The predicted octanol–water partition coefficient (Wildman–Crippen LogP) is 4.37. The maximum atomic E-state index is 12.6. The second-order valence-electron chi connectivity index (χ2n) is 7.14. The molecule has 1 aliphatic heterocycles. The normalized spacial score (nSPS) is 15.1. The zero-order chi connectivity index (χ0) is 22.7. The maximum absolute atomic E-state index is 12.6. The van der Waals surface area contributed by atoms with E-state index in [1.54, 1.807) is 4.68 Å². The largest absolute Gasteiger partial charge is 0.490 e. The Balaban J connectivity index is 1.69. The molecule has 0 aliphatic carbocycles. The van der Waals surface area contributed by atoms with Crippen LogP contribution >= 0.6 is 11.6 Å². The number of hydrogen-bond donors (Lipinski definition) is 1. The van der Waals surface area contributed by atoms with Gasteiger partial charge in [-0.25, -0.2) is 9.48 Å². The van der Waals surface area contributed by atoms with Gasteiger partial charge >= 0.3 is 5.97 Å². The van der Waals surface area contributed by atoms with Crippen LogP contribution in [0.5, 0.6) is 11.5 Å². The number of fused-ring (bicyclic) bond motifs is 1. The lowest BCUT2D eigenvalue weighted by Gasteiger charge is -2.28. The van der Waals surface area contributed by atoms with Gasteiger partial charge in [0.2, 0.25) is 5.95 Å². The number of esters is 1. The average molecular weight is 455 g/mol. The number of anilines is 1. The molecule has 9 heteroatoms. The summed E-state index contributed by atoms with van der Waals surface area (Å²) in [4.78, 5) is 16.8. The number of ether oxygens (including phenoxy) is 3. The second-order valence-corrected chi connectivity index (χ2v) is 7.58. The van der Waals surface area contributed by atoms with Crippen molar-refractivity contribution in [1.29, 1.82) is 0 Å². The van der Waals surface area contributed by atoms with Crippen molar-refractivity contribution >= 4 is 23.5 Å². The third kappa shape index (κ3) is 4.27. The minimum absolute atomic E-state index is 0.365. The van der Waals surface area contributed by atoms with E-state index < -0.39 is 12.0 Å². The Morgan fingerprint density at radius 2 is 1.94 bits per heavy atom. The first-order chi connectivity index (χ1) is 15.5. The first-order valence-electron chi connectivity index (χ1n) is 10.1. The van der Waals surface area contributed by atoms with Crippen LogP contribution in [-0.2, 0) is 16.1 Å². The molecular weight excluding hydrogens is 432 g/mol. The fraction of sp³-hybridized carbons (Fsp3) is 0.261. The van der Waals surface area contributed by atoms with E-state index in [0.717, 1.165) is 11.1 Å². The van der Waals surface area contributed by atoms with Gasteiger partial charge in [-0.3, -0.25) is 0 Å². The third-order valence-corrected chi connectivity index (χ3v) is 5.34. The molecule has 1 unspecified atom stereocenters. The molecule has 8 nitrogen and oxygen atoms in total. The number of benzene rings is 2. The summed E-state index contributed by atoms with van der Waals surface area (Å²) < 4.78 is 18.6. The van der Waals surface area contributed by atoms with Crippen molar-refractivity contribution in [3.05, 3.63) is 76.2 Å². The van der Waals surface area contributed by atoms with Crippen LogP contribution in [0, 0.1) is 0 Å². The van der Waals surface area contributed by atoms with E-state index in [9.17, 15) is 4.79 Å².